The van der Waals surface area contributed by atoms with Crippen LogP contribution in [0.4, 0.5) is 0 Å². The van der Waals surface area contributed by atoms with E-state index >= 15 is 0 Å². The molecule has 0 spiro atoms. The second-order valence-corrected chi connectivity index (χ2v) is 2.57. The van der Waals surface area contributed by atoms with Gasteiger partial charge in [-0.1, -0.05) is 0 Å². The number of rotatable bonds is 7. The molecule has 0 rings (SSSR count). The molecule has 0 heterocycles. The molecule has 0 aromatic heterocycles. The smallest absolute Gasteiger partial charge is 0.246 e. The number of carbonyl (C=O) groups excluding carboxylic acids is 2. The lowest BCUT2D eigenvalue weighted by Crippen LogP contribution is -2.37. The lowest BCUT2D eigenvalue weighted by molar-refractivity contribution is -0.126. The molecule has 82 valence electrons. The number of amides is 2. The van der Waals surface area contributed by atoms with Crippen molar-refractivity contribution in [1.82, 2.24) is 10.6 Å². The highest BCUT2D eigenvalue weighted by Crippen LogP contribution is 1.70. The van der Waals surface area contributed by atoms with E-state index in [-0.39, 0.29) is 25.0 Å². The predicted octanol–water partition coefficient (Wildman–Crippen LogP) is -1.49. The molecular weight excluding hydrogens is 188 g/mol. The van der Waals surface area contributed by atoms with E-state index in [2.05, 4.69) is 20.1 Å². The van der Waals surface area contributed by atoms with Crippen molar-refractivity contribution in [3.63, 3.8) is 0 Å². The summed E-state index contributed by atoms with van der Waals surface area (Å²) in [7, 11) is 2.89. The quantitative estimate of drug-likeness (QED) is 0.495. The van der Waals surface area contributed by atoms with Crippen LogP contribution in [-0.2, 0) is 19.1 Å². The summed E-state index contributed by atoms with van der Waals surface area (Å²) in [6.45, 7) is 0.841. The monoisotopic (exact) mass is 204 g/mol. The van der Waals surface area contributed by atoms with Gasteiger partial charge < -0.3 is 20.1 Å². The summed E-state index contributed by atoms with van der Waals surface area (Å²) in [5, 5.41) is 5.12. The molecular formula is C8H16N2O4. The van der Waals surface area contributed by atoms with E-state index in [1.54, 1.807) is 0 Å². The van der Waals surface area contributed by atoms with Gasteiger partial charge in [-0.25, -0.2) is 0 Å². The van der Waals surface area contributed by atoms with E-state index in [0.717, 1.165) is 0 Å². The molecule has 0 atom stereocenters. The van der Waals surface area contributed by atoms with Crippen LogP contribution in [0.15, 0.2) is 0 Å². The zero-order chi connectivity index (χ0) is 10.8. The third-order valence-electron chi connectivity index (χ3n) is 1.32. The molecule has 0 radical (unpaired) electrons. The van der Waals surface area contributed by atoms with E-state index in [1.165, 1.54) is 14.2 Å². The van der Waals surface area contributed by atoms with Crippen LogP contribution in [0, 0.1) is 0 Å². The first-order valence-corrected chi connectivity index (χ1v) is 4.22. The molecule has 0 aromatic carbocycles. The molecule has 2 N–H and O–H groups in total. The van der Waals surface area contributed by atoms with Gasteiger partial charge in [-0.15, -0.1) is 0 Å². The second kappa shape index (κ2) is 8.46. The van der Waals surface area contributed by atoms with Crippen molar-refractivity contribution in [2.45, 2.75) is 0 Å². The molecule has 14 heavy (non-hydrogen) atoms. The van der Waals surface area contributed by atoms with Crippen LogP contribution in [0.1, 0.15) is 0 Å². The maximum absolute atomic E-state index is 10.8. The zero-order valence-corrected chi connectivity index (χ0v) is 8.46. The lowest BCUT2D eigenvalue weighted by Gasteiger charge is -2.05. The van der Waals surface area contributed by atoms with Gasteiger partial charge in [-0.05, 0) is 0 Å². The summed E-state index contributed by atoms with van der Waals surface area (Å²) < 4.78 is 9.20. The third kappa shape index (κ3) is 7.51. The summed E-state index contributed by atoms with van der Waals surface area (Å²) in [5.41, 5.74) is 0. The SMILES string of the molecule is COCC(=O)NCCNC(=O)COC. The fourth-order valence-corrected chi connectivity index (χ4v) is 0.768. The highest BCUT2D eigenvalue weighted by Gasteiger charge is 2.00. The minimum atomic E-state index is -0.200. The molecule has 6 nitrogen and oxygen atoms in total. The molecule has 0 aliphatic rings. The van der Waals surface area contributed by atoms with Crippen molar-refractivity contribution in [1.29, 1.82) is 0 Å². The van der Waals surface area contributed by atoms with Gasteiger partial charge in [0.25, 0.3) is 0 Å². The molecule has 0 fully saturated rings. The molecule has 0 aliphatic heterocycles. The number of carbonyl (C=O) groups is 2. The summed E-state index contributed by atoms with van der Waals surface area (Å²) in [6.07, 6.45) is 0. The van der Waals surface area contributed by atoms with Crippen LogP contribution >= 0.6 is 0 Å². The topological polar surface area (TPSA) is 76.7 Å². The Morgan fingerprint density at radius 3 is 1.57 bits per heavy atom. The van der Waals surface area contributed by atoms with E-state index in [0.29, 0.717) is 13.1 Å². The summed E-state index contributed by atoms with van der Waals surface area (Å²) in [4.78, 5) is 21.7. The minimum absolute atomic E-state index is 0.0337. The van der Waals surface area contributed by atoms with Gasteiger partial charge in [-0.2, -0.15) is 0 Å². The Morgan fingerprint density at radius 2 is 1.29 bits per heavy atom. The van der Waals surface area contributed by atoms with Crippen LogP contribution < -0.4 is 10.6 Å². The Hall–Kier alpha value is -1.14. The Kier molecular flexibility index (Phi) is 7.77. The Morgan fingerprint density at radius 1 is 0.929 bits per heavy atom. The van der Waals surface area contributed by atoms with Gasteiger partial charge in [0.1, 0.15) is 13.2 Å². The molecule has 0 bridgehead atoms. The molecule has 2 amide bonds. The molecule has 0 saturated carbocycles. The Labute approximate surface area is 82.9 Å². The molecule has 0 aromatic rings. The molecule has 0 unspecified atom stereocenters. The lowest BCUT2D eigenvalue weighted by atomic mass is 10.5. The van der Waals surface area contributed by atoms with Crippen LogP contribution in [0.3, 0.4) is 0 Å². The van der Waals surface area contributed by atoms with Gasteiger partial charge in [0, 0.05) is 27.3 Å². The highest BCUT2D eigenvalue weighted by atomic mass is 16.5. The van der Waals surface area contributed by atoms with E-state index in [9.17, 15) is 9.59 Å². The van der Waals surface area contributed by atoms with E-state index in [1.807, 2.05) is 0 Å². The van der Waals surface area contributed by atoms with Gasteiger partial charge in [0.2, 0.25) is 11.8 Å². The average molecular weight is 204 g/mol. The Balaban J connectivity index is 3.28. The van der Waals surface area contributed by atoms with Crippen LogP contribution in [0.2, 0.25) is 0 Å². The van der Waals surface area contributed by atoms with Crippen molar-refractivity contribution in [2.24, 2.45) is 0 Å². The van der Waals surface area contributed by atoms with Crippen LogP contribution in [0.25, 0.3) is 0 Å². The fourth-order valence-electron chi connectivity index (χ4n) is 0.768. The maximum Gasteiger partial charge on any atom is 0.246 e. The average Bonchev–Trinajstić information content (AvgIpc) is 2.13. The maximum atomic E-state index is 10.8. The van der Waals surface area contributed by atoms with Crippen LogP contribution in [-0.4, -0.2) is 52.3 Å². The first-order chi connectivity index (χ1) is 6.70. The van der Waals surface area contributed by atoms with Gasteiger partial charge in [-0.3, -0.25) is 9.59 Å². The van der Waals surface area contributed by atoms with Crippen molar-refractivity contribution >= 4 is 11.8 Å². The van der Waals surface area contributed by atoms with Gasteiger partial charge in [0.15, 0.2) is 0 Å². The first kappa shape index (κ1) is 12.9. The number of nitrogens with one attached hydrogen (secondary N) is 2. The van der Waals surface area contributed by atoms with Crippen LogP contribution in [0.5, 0.6) is 0 Å². The van der Waals surface area contributed by atoms with Gasteiger partial charge in [0.05, 0.1) is 0 Å². The standard InChI is InChI=1S/C8H16N2O4/c1-13-5-7(11)9-3-4-10-8(12)6-14-2/h3-6H2,1-2H3,(H,9,11)(H,10,12). The van der Waals surface area contributed by atoms with E-state index < -0.39 is 0 Å². The number of hydrogen-bond donors (Lipinski definition) is 2. The van der Waals surface area contributed by atoms with E-state index in [4.69, 9.17) is 0 Å². The molecule has 0 saturated heterocycles. The minimum Gasteiger partial charge on any atom is -0.375 e. The van der Waals surface area contributed by atoms with Crippen molar-refractivity contribution in [3.8, 4) is 0 Å². The summed E-state index contributed by atoms with van der Waals surface area (Å²) >= 11 is 0. The zero-order valence-electron chi connectivity index (χ0n) is 8.46. The fraction of sp³-hybridized carbons (Fsp3) is 0.750. The molecule has 6 heteroatoms. The Bertz CT molecular complexity index is 164. The number of ether oxygens (including phenoxy) is 2. The van der Waals surface area contributed by atoms with Crippen molar-refractivity contribution in [2.75, 3.05) is 40.5 Å². The largest absolute Gasteiger partial charge is 0.375 e. The predicted molar refractivity (Wildman–Crippen MR) is 49.8 cm³/mol. The second-order valence-electron chi connectivity index (χ2n) is 2.57. The summed E-state index contributed by atoms with van der Waals surface area (Å²) in [6, 6.07) is 0. The number of methoxy groups -OCH3 is 2. The molecule has 0 aliphatic carbocycles. The highest BCUT2D eigenvalue weighted by molar-refractivity contribution is 5.78. The van der Waals surface area contributed by atoms with Crippen molar-refractivity contribution in [3.05, 3.63) is 0 Å². The third-order valence-corrected chi connectivity index (χ3v) is 1.32. The number of hydrogen-bond acceptors (Lipinski definition) is 4. The summed E-state index contributed by atoms with van der Waals surface area (Å²) in [5.74, 6) is -0.401. The first-order valence-electron chi connectivity index (χ1n) is 4.22. The normalized spacial score (nSPS) is 9.57. The van der Waals surface area contributed by atoms with Crippen molar-refractivity contribution < 1.29 is 19.1 Å². The van der Waals surface area contributed by atoms with Gasteiger partial charge >= 0.3 is 0 Å².